The van der Waals surface area contributed by atoms with Crippen molar-refractivity contribution in [2.24, 2.45) is 0 Å². The van der Waals surface area contributed by atoms with Crippen LogP contribution in [0, 0.1) is 6.92 Å². The van der Waals surface area contributed by atoms with E-state index in [9.17, 15) is 9.90 Å². The molecule has 3 aliphatic rings. The van der Waals surface area contributed by atoms with Crippen LogP contribution in [0.2, 0.25) is 0 Å². The molecule has 1 saturated heterocycles. The predicted octanol–water partition coefficient (Wildman–Crippen LogP) is 4.50. The van der Waals surface area contributed by atoms with Crippen molar-refractivity contribution < 1.29 is 19.1 Å². The van der Waals surface area contributed by atoms with Gasteiger partial charge in [0, 0.05) is 36.0 Å². The Morgan fingerprint density at radius 1 is 1.15 bits per heavy atom. The van der Waals surface area contributed by atoms with Crippen molar-refractivity contribution in [3.05, 3.63) is 29.0 Å². The van der Waals surface area contributed by atoms with E-state index in [4.69, 9.17) is 9.15 Å². The number of furan rings is 1. The number of aliphatic hydroxyl groups excluding tert-OH is 1. The van der Waals surface area contributed by atoms with Crippen LogP contribution in [0.15, 0.2) is 16.5 Å². The van der Waals surface area contributed by atoms with Gasteiger partial charge in [-0.05, 0) is 57.6 Å². The quantitative estimate of drug-likeness (QED) is 0.804. The van der Waals surface area contributed by atoms with Crippen LogP contribution in [0.25, 0.3) is 11.0 Å². The van der Waals surface area contributed by atoms with Gasteiger partial charge in [-0.15, -0.1) is 0 Å². The molecule has 5 nitrogen and oxygen atoms in total. The Kier molecular flexibility index (Phi) is 3.97. The number of aryl methyl sites for hydroxylation is 1. The van der Waals surface area contributed by atoms with Gasteiger partial charge in [0.1, 0.15) is 16.9 Å². The van der Waals surface area contributed by atoms with E-state index >= 15 is 0 Å². The van der Waals surface area contributed by atoms with E-state index in [1.807, 2.05) is 24.0 Å². The van der Waals surface area contributed by atoms with Crippen LogP contribution >= 0.6 is 0 Å². The number of aliphatic hydroxyl groups is 1. The molecule has 5 rings (SSSR count). The SMILES string of the molecule is Cc1c(C(=O)N2CCCC2)oc2ccc3c(c12)[C@@H](O)CC1(CCCCC1)O3. The van der Waals surface area contributed by atoms with E-state index < -0.39 is 6.10 Å². The summed E-state index contributed by atoms with van der Waals surface area (Å²) in [6.45, 7) is 3.51. The van der Waals surface area contributed by atoms with E-state index in [2.05, 4.69) is 0 Å². The van der Waals surface area contributed by atoms with Gasteiger partial charge in [-0.25, -0.2) is 0 Å². The Morgan fingerprint density at radius 2 is 1.89 bits per heavy atom. The minimum Gasteiger partial charge on any atom is -0.487 e. The zero-order valence-corrected chi connectivity index (χ0v) is 15.9. The molecule has 2 aromatic rings. The Balaban J connectivity index is 1.58. The van der Waals surface area contributed by atoms with Gasteiger partial charge in [0.2, 0.25) is 0 Å². The smallest absolute Gasteiger partial charge is 0.289 e. The van der Waals surface area contributed by atoms with Crippen LogP contribution < -0.4 is 4.74 Å². The monoisotopic (exact) mass is 369 g/mol. The van der Waals surface area contributed by atoms with Crippen molar-refractivity contribution in [2.75, 3.05) is 13.1 Å². The molecule has 0 bridgehead atoms. The van der Waals surface area contributed by atoms with Gasteiger partial charge in [0.15, 0.2) is 5.76 Å². The Hall–Kier alpha value is -2.01. The summed E-state index contributed by atoms with van der Waals surface area (Å²) < 4.78 is 12.4. The summed E-state index contributed by atoms with van der Waals surface area (Å²) in [5.41, 5.74) is 2.05. The predicted molar refractivity (Wildman–Crippen MR) is 102 cm³/mol. The lowest BCUT2D eigenvalue weighted by Gasteiger charge is -2.43. The summed E-state index contributed by atoms with van der Waals surface area (Å²) >= 11 is 0. The van der Waals surface area contributed by atoms with Crippen molar-refractivity contribution in [1.29, 1.82) is 0 Å². The zero-order chi connectivity index (χ0) is 18.6. The molecule has 1 aliphatic carbocycles. The Morgan fingerprint density at radius 3 is 2.63 bits per heavy atom. The summed E-state index contributed by atoms with van der Waals surface area (Å²) in [5, 5.41) is 11.9. The van der Waals surface area contributed by atoms with Gasteiger partial charge in [-0.1, -0.05) is 6.42 Å². The molecule has 144 valence electrons. The third kappa shape index (κ3) is 2.66. The van der Waals surface area contributed by atoms with Gasteiger partial charge in [0.25, 0.3) is 5.91 Å². The normalized spacial score (nSPS) is 24.2. The maximum absolute atomic E-state index is 12.9. The number of likely N-dealkylation sites (tertiary alicyclic amines) is 1. The third-order valence-corrected chi connectivity index (χ3v) is 6.67. The third-order valence-electron chi connectivity index (χ3n) is 6.67. The number of ether oxygens (including phenoxy) is 1. The molecule has 1 N–H and O–H groups in total. The number of fused-ring (bicyclic) bond motifs is 3. The summed E-state index contributed by atoms with van der Waals surface area (Å²) in [6, 6.07) is 3.79. The van der Waals surface area contributed by atoms with Crippen LogP contribution in [0.5, 0.6) is 5.75 Å². The number of amides is 1. The molecule has 1 amide bonds. The van der Waals surface area contributed by atoms with Crippen LogP contribution in [0.3, 0.4) is 0 Å². The van der Waals surface area contributed by atoms with Crippen LogP contribution in [-0.2, 0) is 0 Å². The first kappa shape index (κ1) is 17.1. The van der Waals surface area contributed by atoms with Gasteiger partial charge in [0.05, 0.1) is 6.10 Å². The fraction of sp³-hybridized carbons (Fsp3) is 0.591. The van der Waals surface area contributed by atoms with Crippen LogP contribution in [-0.4, -0.2) is 34.6 Å². The lowest BCUT2D eigenvalue weighted by molar-refractivity contribution is -0.0373. The number of hydrogen-bond acceptors (Lipinski definition) is 4. The summed E-state index contributed by atoms with van der Waals surface area (Å²) in [6.07, 6.45) is 7.71. The molecule has 3 heterocycles. The fourth-order valence-corrected chi connectivity index (χ4v) is 5.27. The number of benzene rings is 1. The number of nitrogens with zero attached hydrogens (tertiary/aromatic N) is 1. The molecule has 1 aromatic carbocycles. The number of carbonyl (C=O) groups excluding carboxylic acids is 1. The first-order chi connectivity index (χ1) is 13.1. The van der Waals surface area contributed by atoms with E-state index in [-0.39, 0.29) is 11.5 Å². The van der Waals surface area contributed by atoms with Crippen molar-refractivity contribution >= 4 is 16.9 Å². The highest BCUT2D eigenvalue weighted by molar-refractivity contribution is 6.00. The number of carbonyl (C=O) groups is 1. The van der Waals surface area contributed by atoms with Gasteiger partial charge in [-0.2, -0.15) is 0 Å². The van der Waals surface area contributed by atoms with Crippen molar-refractivity contribution in [3.8, 4) is 5.75 Å². The van der Waals surface area contributed by atoms with Crippen molar-refractivity contribution in [3.63, 3.8) is 0 Å². The van der Waals surface area contributed by atoms with Crippen LogP contribution in [0.1, 0.15) is 79.2 Å². The summed E-state index contributed by atoms with van der Waals surface area (Å²) in [4.78, 5) is 14.7. The molecule has 27 heavy (non-hydrogen) atoms. The van der Waals surface area contributed by atoms with E-state index in [0.29, 0.717) is 17.8 Å². The molecule has 5 heteroatoms. The molecule has 1 spiro atoms. The zero-order valence-electron chi connectivity index (χ0n) is 15.9. The second-order valence-corrected chi connectivity index (χ2v) is 8.47. The van der Waals surface area contributed by atoms with E-state index in [1.54, 1.807) is 0 Å². The van der Waals surface area contributed by atoms with Crippen LogP contribution in [0.4, 0.5) is 0 Å². The first-order valence-corrected chi connectivity index (χ1v) is 10.3. The number of rotatable bonds is 1. The van der Waals surface area contributed by atoms with Gasteiger partial charge in [-0.3, -0.25) is 4.79 Å². The second-order valence-electron chi connectivity index (χ2n) is 8.47. The average molecular weight is 369 g/mol. The van der Waals surface area contributed by atoms with Gasteiger partial charge >= 0.3 is 0 Å². The largest absolute Gasteiger partial charge is 0.487 e. The van der Waals surface area contributed by atoms with Crippen molar-refractivity contribution in [2.45, 2.75) is 70.0 Å². The van der Waals surface area contributed by atoms with E-state index in [1.165, 1.54) is 6.42 Å². The average Bonchev–Trinajstić information content (AvgIpc) is 3.30. The highest BCUT2D eigenvalue weighted by Crippen LogP contribution is 2.49. The standard InChI is InChI=1S/C22H27NO4/c1-14-18-16(26-20(14)21(25)23-11-5-6-12-23)7-8-17-19(18)15(24)13-22(27-17)9-3-2-4-10-22/h7-8,15,24H,2-6,9-13H2,1H3/t15-/m0/s1. The molecule has 2 aliphatic heterocycles. The van der Waals surface area contributed by atoms with E-state index in [0.717, 1.165) is 73.9 Å². The molecular formula is C22H27NO4. The topological polar surface area (TPSA) is 62.9 Å². The molecule has 1 saturated carbocycles. The maximum atomic E-state index is 12.9. The second kappa shape index (κ2) is 6.26. The lowest BCUT2D eigenvalue weighted by atomic mass is 9.77. The highest BCUT2D eigenvalue weighted by atomic mass is 16.5. The molecule has 0 radical (unpaired) electrons. The minimum atomic E-state index is -0.582. The lowest BCUT2D eigenvalue weighted by Crippen LogP contribution is -2.42. The first-order valence-electron chi connectivity index (χ1n) is 10.3. The summed E-state index contributed by atoms with van der Waals surface area (Å²) in [5.74, 6) is 1.13. The minimum absolute atomic E-state index is 0.0371. The summed E-state index contributed by atoms with van der Waals surface area (Å²) in [7, 11) is 0. The molecule has 0 unspecified atom stereocenters. The number of hydrogen-bond donors (Lipinski definition) is 1. The molecular weight excluding hydrogens is 342 g/mol. The van der Waals surface area contributed by atoms with Crippen molar-refractivity contribution in [1.82, 2.24) is 4.90 Å². The fourth-order valence-electron chi connectivity index (χ4n) is 5.27. The molecule has 2 fully saturated rings. The molecule has 1 atom stereocenters. The molecule has 1 aromatic heterocycles. The Labute approximate surface area is 159 Å². The maximum Gasteiger partial charge on any atom is 0.289 e. The Bertz CT molecular complexity index is 887. The highest BCUT2D eigenvalue weighted by Gasteiger charge is 2.42. The van der Waals surface area contributed by atoms with Gasteiger partial charge < -0.3 is 19.2 Å².